The average molecular weight is 324 g/mol. The van der Waals surface area contributed by atoms with Crippen LogP contribution in [-0.2, 0) is 0 Å². The topological polar surface area (TPSA) is 54.9 Å². The molecule has 0 radical (unpaired) electrons. The number of halogens is 4. The quantitative estimate of drug-likeness (QED) is 0.820. The highest BCUT2D eigenvalue weighted by Crippen LogP contribution is 2.29. The number of nitrogens with one attached hydrogen (secondary N) is 1. The second-order valence-corrected chi connectivity index (χ2v) is 4.89. The third-order valence-electron chi connectivity index (χ3n) is 2.49. The van der Waals surface area contributed by atoms with E-state index in [1.165, 1.54) is 6.07 Å². The summed E-state index contributed by atoms with van der Waals surface area (Å²) < 4.78 is 14.0. The fourth-order valence-corrected chi connectivity index (χ4v) is 2.24. The molecule has 0 spiro atoms. The first kappa shape index (κ1) is 14.1. The standard InChI is InChI=1S/C11H6Cl3FN2O2/c1-4-2-3-5(12)8(6(4)13)17-10(18)7(15)9(14)16-11(17)19/h2-3H,1H3,(H,16,19). The van der Waals surface area contributed by atoms with E-state index in [4.69, 9.17) is 34.8 Å². The first-order valence-corrected chi connectivity index (χ1v) is 6.13. The number of aromatic nitrogens is 2. The maximum atomic E-state index is 13.5. The molecule has 0 fully saturated rings. The molecule has 0 aliphatic carbocycles. The lowest BCUT2D eigenvalue weighted by Gasteiger charge is -2.11. The summed E-state index contributed by atoms with van der Waals surface area (Å²) in [6.07, 6.45) is 0. The fraction of sp³-hybridized carbons (Fsp3) is 0.0909. The van der Waals surface area contributed by atoms with E-state index >= 15 is 0 Å². The van der Waals surface area contributed by atoms with Gasteiger partial charge in [-0.15, -0.1) is 0 Å². The zero-order chi connectivity index (χ0) is 14.3. The van der Waals surface area contributed by atoms with Gasteiger partial charge in [0, 0.05) is 0 Å². The van der Waals surface area contributed by atoms with Crippen molar-refractivity contribution < 1.29 is 4.39 Å². The van der Waals surface area contributed by atoms with Crippen LogP contribution in [0.25, 0.3) is 5.69 Å². The van der Waals surface area contributed by atoms with Crippen molar-refractivity contribution >= 4 is 34.8 Å². The van der Waals surface area contributed by atoms with Gasteiger partial charge >= 0.3 is 5.69 Å². The maximum Gasteiger partial charge on any atom is 0.334 e. The minimum absolute atomic E-state index is 0.0462. The van der Waals surface area contributed by atoms with Crippen LogP contribution in [0.2, 0.25) is 15.2 Å². The number of nitrogens with zero attached hydrogens (tertiary/aromatic N) is 1. The van der Waals surface area contributed by atoms with E-state index in [1.54, 1.807) is 13.0 Å². The molecular formula is C11H6Cl3FN2O2. The number of hydrogen-bond acceptors (Lipinski definition) is 2. The van der Waals surface area contributed by atoms with Gasteiger partial charge in [-0.05, 0) is 18.6 Å². The smallest absolute Gasteiger partial charge is 0.295 e. The van der Waals surface area contributed by atoms with Gasteiger partial charge in [0.05, 0.1) is 15.7 Å². The van der Waals surface area contributed by atoms with Crippen molar-refractivity contribution in [2.75, 3.05) is 0 Å². The van der Waals surface area contributed by atoms with Crippen LogP contribution in [0.3, 0.4) is 0 Å². The van der Waals surface area contributed by atoms with Crippen LogP contribution >= 0.6 is 34.8 Å². The summed E-state index contributed by atoms with van der Waals surface area (Å²) in [6.45, 7) is 1.66. The van der Waals surface area contributed by atoms with Crippen LogP contribution in [0.1, 0.15) is 5.56 Å². The van der Waals surface area contributed by atoms with E-state index < -0.39 is 22.2 Å². The molecule has 8 heteroatoms. The summed E-state index contributed by atoms with van der Waals surface area (Å²) in [6, 6.07) is 3.07. The molecule has 19 heavy (non-hydrogen) atoms. The van der Waals surface area contributed by atoms with Gasteiger partial charge in [-0.1, -0.05) is 40.9 Å². The Morgan fingerprint density at radius 3 is 2.47 bits per heavy atom. The number of H-pyrrole nitrogens is 1. The largest absolute Gasteiger partial charge is 0.334 e. The molecular weight excluding hydrogens is 317 g/mol. The van der Waals surface area contributed by atoms with Crippen molar-refractivity contribution in [2.45, 2.75) is 6.92 Å². The molecule has 0 atom stereocenters. The lowest BCUT2D eigenvalue weighted by Crippen LogP contribution is -2.36. The Morgan fingerprint density at radius 2 is 1.84 bits per heavy atom. The van der Waals surface area contributed by atoms with Crippen molar-refractivity contribution in [1.29, 1.82) is 0 Å². The molecule has 0 aliphatic heterocycles. The SMILES string of the molecule is Cc1ccc(Cl)c(-n2c(=O)[nH]c(Cl)c(F)c2=O)c1Cl. The molecule has 0 bridgehead atoms. The van der Waals surface area contributed by atoms with Crippen LogP contribution in [0, 0.1) is 12.7 Å². The number of rotatable bonds is 1. The van der Waals surface area contributed by atoms with Crippen molar-refractivity contribution in [3.63, 3.8) is 0 Å². The predicted molar refractivity (Wildman–Crippen MR) is 72.4 cm³/mol. The molecule has 0 unspecified atom stereocenters. The Hall–Kier alpha value is -1.30. The van der Waals surface area contributed by atoms with Gasteiger partial charge < -0.3 is 0 Å². The van der Waals surface area contributed by atoms with E-state index in [-0.39, 0.29) is 15.7 Å². The van der Waals surface area contributed by atoms with Crippen LogP contribution in [0.5, 0.6) is 0 Å². The first-order valence-electron chi connectivity index (χ1n) is 5.00. The number of benzene rings is 1. The average Bonchev–Trinajstić information content (AvgIpc) is 2.35. The fourth-order valence-electron chi connectivity index (χ4n) is 1.54. The first-order chi connectivity index (χ1) is 8.84. The van der Waals surface area contributed by atoms with Crippen molar-refractivity contribution in [3.05, 3.63) is 59.5 Å². The van der Waals surface area contributed by atoms with Gasteiger partial charge in [0.15, 0.2) is 5.15 Å². The minimum Gasteiger partial charge on any atom is -0.295 e. The summed E-state index contributed by atoms with van der Waals surface area (Å²) >= 11 is 17.3. The molecule has 2 rings (SSSR count). The predicted octanol–water partition coefficient (Wildman–Crippen LogP) is 2.93. The summed E-state index contributed by atoms with van der Waals surface area (Å²) in [5, 5.41) is -0.530. The minimum atomic E-state index is -1.28. The molecule has 1 heterocycles. The highest BCUT2D eigenvalue weighted by atomic mass is 35.5. The Labute approximate surface area is 121 Å². The van der Waals surface area contributed by atoms with Gasteiger partial charge in [0.2, 0.25) is 5.82 Å². The molecule has 0 aliphatic rings. The van der Waals surface area contributed by atoms with Crippen molar-refractivity contribution in [2.24, 2.45) is 0 Å². The molecule has 0 saturated carbocycles. The highest BCUT2D eigenvalue weighted by molar-refractivity contribution is 6.38. The van der Waals surface area contributed by atoms with Gasteiger partial charge in [-0.2, -0.15) is 4.39 Å². The molecule has 1 N–H and O–H groups in total. The maximum absolute atomic E-state index is 13.5. The zero-order valence-electron chi connectivity index (χ0n) is 9.43. The van der Waals surface area contributed by atoms with E-state index in [2.05, 4.69) is 0 Å². The monoisotopic (exact) mass is 322 g/mol. The van der Waals surface area contributed by atoms with Gasteiger partial charge in [-0.25, -0.2) is 9.36 Å². The Morgan fingerprint density at radius 1 is 1.21 bits per heavy atom. The van der Waals surface area contributed by atoms with Crippen LogP contribution < -0.4 is 11.2 Å². The van der Waals surface area contributed by atoms with Crippen LogP contribution in [0.4, 0.5) is 4.39 Å². The highest BCUT2D eigenvalue weighted by Gasteiger charge is 2.19. The van der Waals surface area contributed by atoms with Gasteiger partial charge in [0.25, 0.3) is 5.56 Å². The molecule has 2 aromatic rings. The summed E-state index contributed by atoms with van der Waals surface area (Å²) in [5.74, 6) is -1.28. The summed E-state index contributed by atoms with van der Waals surface area (Å²) in [7, 11) is 0. The van der Waals surface area contributed by atoms with Crippen LogP contribution in [0.15, 0.2) is 21.7 Å². The second kappa shape index (κ2) is 5.00. The Bertz CT molecular complexity index is 783. The van der Waals surface area contributed by atoms with E-state index in [0.29, 0.717) is 10.1 Å². The van der Waals surface area contributed by atoms with Gasteiger partial charge in [0.1, 0.15) is 0 Å². The Balaban J connectivity index is 2.97. The van der Waals surface area contributed by atoms with Crippen molar-refractivity contribution in [3.8, 4) is 5.69 Å². The van der Waals surface area contributed by atoms with Crippen molar-refractivity contribution in [1.82, 2.24) is 9.55 Å². The van der Waals surface area contributed by atoms with E-state index in [1.807, 2.05) is 4.98 Å². The lowest BCUT2D eigenvalue weighted by atomic mass is 10.2. The number of hydrogen-bond donors (Lipinski definition) is 1. The molecule has 1 aromatic heterocycles. The molecule has 100 valence electrons. The molecule has 0 amide bonds. The van der Waals surface area contributed by atoms with Crippen LogP contribution in [-0.4, -0.2) is 9.55 Å². The molecule has 4 nitrogen and oxygen atoms in total. The number of aromatic amines is 1. The van der Waals surface area contributed by atoms with E-state index in [0.717, 1.165) is 0 Å². The third kappa shape index (κ3) is 2.29. The normalized spacial score (nSPS) is 10.8. The summed E-state index contributed by atoms with van der Waals surface area (Å²) in [5.41, 5.74) is -1.64. The number of aryl methyl sites for hydroxylation is 1. The second-order valence-electron chi connectivity index (χ2n) is 3.73. The Kier molecular flexibility index (Phi) is 3.71. The lowest BCUT2D eigenvalue weighted by molar-refractivity contribution is 0.584. The molecule has 0 saturated heterocycles. The van der Waals surface area contributed by atoms with E-state index in [9.17, 15) is 14.0 Å². The third-order valence-corrected chi connectivity index (χ3v) is 3.53. The molecule has 1 aromatic carbocycles. The summed E-state index contributed by atoms with van der Waals surface area (Å²) in [4.78, 5) is 25.6. The van der Waals surface area contributed by atoms with Gasteiger partial charge in [-0.3, -0.25) is 9.78 Å². The zero-order valence-corrected chi connectivity index (χ0v) is 11.7.